The maximum atomic E-state index is 14.3. The zero-order valence-corrected chi connectivity index (χ0v) is 22.7. The number of ketones is 2. The molecule has 1 saturated heterocycles. The molecule has 0 radical (unpaired) electrons. The Hall–Kier alpha value is -2.39. The number of esters is 1. The number of aliphatic hydroxyl groups is 3. The Balaban J connectivity index is 1.79. The molecule has 5 rings (SSSR count). The van der Waals surface area contributed by atoms with Crippen molar-refractivity contribution in [2.24, 2.45) is 22.2 Å². The molecule has 3 aliphatic carbocycles. The van der Waals surface area contributed by atoms with Crippen molar-refractivity contribution in [2.45, 2.75) is 90.3 Å². The average molecular weight is 527 g/mol. The summed E-state index contributed by atoms with van der Waals surface area (Å²) in [6.45, 7) is 8.52. The highest BCUT2D eigenvalue weighted by molar-refractivity contribution is 5.94. The van der Waals surface area contributed by atoms with Crippen molar-refractivity contribution < 1.29 is 39.2 Å². The van der Waals surface area contributed by atoms with Crippen LogP contribution >= 0.6 is 0 Å². The molecule has 206 valence electrons. The molecule has 1 heterocycles. The van der Waals surface area contributed by atoms with Crippen LogP contribution in [0.5, 0.6) is 0 Å². The highest BCUT2D eigenvalue weighted by atomic mass is 16.6. The lowest BCUT2D eigenvalue weighted by atomic mass is 9.41. The van der Waals surface area contributed by atoms with Crippen molar-refractivity contribution in [2.75, 3.05) is 6.61 Å². The van der Waals surface area contributed by atoms with Gasteiger partial charge in [0.2, 0.25) is 0 Å². The van der Waals surface area contributed by atoms with Crippen molar-refractivity contribution in [1.82, 2.24) is 0 Å². The molecule has 1 aromatic rings. The van der Waals surface area contributed by atoms with Gasteiger partial charge in [-0.2, -0.15) is 0 Å². The first-order valence-electron chi connectivity index (χ1n) is 13.4. The molecule has 0 spiro atoms. The van der Waals surface area contributed by atoms with Gasteiger partial charge in [0.05, 0.1) is 29.8 Å². The number of aliphatic hydroxyl groups excluding tert-OH is 2. The Bertz CT molecular complexity index is 1200. The van der Waals surface area contributed by atoms with E-state index < -0.39 is 63.9 Å². The molecule has 8 heteroatoms. The van der Waals surface area contributed by atoms with Crippen molar-refractivity contribution in [3.05, 3.63) is 47.0 Å². The number of hydrogen-bond donors (Lipinski definition) is 3. The largest absolute Gasteiger partial charge is 0.455 e. The summed E-state index contributed by atoms with van der Waals surface area (Å²) in [7, 11) is 0. The van der Waals surface area contributed by atoms with Crippen LogP contribution in [-0.2, 0) is 19.1 Å². The molecule has 3 fully saturated rings. The molecule has 3 N–H and O–H groups in total. The summed E-state index contributed by atoms with van der Waals surface area (Å²) in [5, 5.41) is 35.8. The van der Waals surface area contributed by atoms with Gasteiger partial charge in [-0.05, 0) is 51.3 Å². The van der Waals surface area contributed by atoms with Gasteiger partial charge in [0.25, 0.3) is 0 Å². The summed E-state index contributed by atoms with van der Waals surface area (Å²) in [6, 6.07) is 8.42. The minimum Gasteiger partial charge on any atom is -0.455 e. The van der Waals surface area contributed by atoms with Gasteiger partial charge in [-0.25, -0.2) is 4.79 Å². The molecule has 0 amide bonds. The van der Waals surface area contributed by atoms with E-state index >= 15 is 0 Å². The van der Waals surface area contributed by atoms with Crippen LogP contribution in [-0.4, -0.2) is 69.5 Å². The molecule has 2 bridgehead atoms. The van der Waals surface area contributed by atoms with Crippen LogP contribution in [0.15, 0.2) is 41.5 Å². The minimum absolute atomic E-state index is 0.0334. The summed E-state index contributed by atoms with van der Waals surface area (Å²) in [5.41, 5.74) is -3.97. The highest BCUT2D eigenvalue weighted by Gasteiger charge is 2.75. The number of Topliss-reactive ketones (excluding diaryl/α,β-unsaturated/α-hetero) is 2. The monoisotopic (exact) mass is 526 g/mol. The predicted molar refractivity (Wildman–Crippen MR) is 137 cm³/mol. The van der Waals surface area contributed by atoms with E-state index in [2.05, 4.69) is 0 Å². The molecule has 8 nitrogen and oxygen atoms in total. The van der Waals surface area contributed by atoms with Crippen molar-refractivity contribution in [3.63, 3.8) is 0 Å². The normalized spacial score (nSPS) is 41.7. The van der Waals surface area contributed by atoms with Gasteiger partial charge in [0.1, 0.15) is 23.6 Å². The second-order valence-corrected chi connectivity index (χ2v) is 12.6. The number of rotatable bonds is 4. The van der Waals surface area contributed by atoms with E-state index in [1.165, 1.54) is 6.92 Å². The molecular weight excluding hydrogens is 488 g/mol. The first-order chi connectivity index (χ1) is 17.7. The molecule has 1 aromatic carbocycles. The molecular formula is C30H38O8. The second-order valence-electron chi connectivity index (χ2n) is 12.6. The second kappa shape index (κ2) is 8.81. The molecule has 8 atom stereocenters. The van der Waals surface area contributed by atoms with Gasteiger partial charge in [0.15, 0.2) is 5.78 Å². The molecule has 38 heavy (non-hydrogen) atoms. The van der Waals surface area contributed by atoms with Crippen molar-refractivity contribution in [3.8, 4) is 0 Å². The van der Waals surface area contributed by atoms with Crippen molar-refractivity contribution >= 4 is 17.5 Å². The number of benzene rings is 1. The van der Waals surface area contributed by atoms with E-state index in [0.29, 0.717) is 12.0 Å². The van der Waals surface area contributed by atoms with Gasteiger partial charge in [-0.15, -0.1) is 0 Å². The zero-order valence-electron chi connectivity index (χ0n) is 22.7. The molecule has 0 aromatic heterocycles. The quantitative estimate of drug-likeness (QED) is 0.403. The van der Waals surface area contributed by atoms with Crippen LogP contribution < -0.4 is 0 Å². The number of fused-ring (bicyclic) bond motifs is 5. The lowest BCUT2D eigenvalue weighted by molar-refractivity contribution is -0.317. The number of hydrogen-bond acceptors (Lipinski definition) is 8. The van der Waals surface area contributed by atoms with Crippen LogP contribution in [0.1, 0.15) is 70.7 Å². The Morgan fingerprint density at radius 2 is 1.79 bits per heavy atom. The molecule has 1 aliphatic heterocycles. The van der Waals surface area contributed by atoms with E-state index in [-0.39, 0.29) is 37.2 Å². The minimum atomic E-state index is -1.71. The smallest absolute Gasteiger partial charge is 0.338 e. The Labute approximate surface area is 223 Å². The van der Waals surface area contributed by atoms with Gasteiger partial charge in [-0.3, -0.25) is 4.79 Å². The van der Waals surface area contributed by atoms with Crippen molar-refractivity contribution in [1.29, 1.82) is 0 Å². The Morgan fingerprint density at radius 1 is 1.13 bits per heavy atom. The SMILES string of the molecule is CC(=O)C[C@@]12CO[C@@H]1C[C@H](O)[C@@]1(C)C(=O)[C@H](O)C3=C(C)CC[C@@](O)([C@@H](OC(=O)c4ccccc4)C21)C3(C)C. The van der Waals surface area contributed by atoms with Crippen LogP contribution in [0, 0.1) is 22.2 Å². The standard InChI is InChI=1S/C30H38O8/c1-16-11-12-30(36)25(38-26(35)18-9-7-6-8-10-18)23-28(5,24(34)22(33)21(16)27(30,3)4)19(32)13-20-29(23,15-37-20)14-17(2)31/h6-10,19-20,22-23,25,32-33,36H,11-15H2,1-5H3/t19-,20+,22+,23?,25-,28+,29+,30+/m0/s1. The van der Waals surface area contributed by atoms with Gasteiger partial charge in [-0.1, -0.05) is 37.6 Å². The number of carbonyl (C=O) groups is 3. The number of carbonyl (C=O) groups excluding carboxylic acids is 3. The van der Waals surface area contributed by atoms with Crippen LogP contribution in [0.4, 0.5) is 0 Å². The van der Waals surface area contributed by atoms with E-state index in [9.17, 15) is 29.7 Å². The molecule has 2 saturated carbocycles. The highest BCUT2D eigenvalue weighted by Crippen LogP contribution is 2.66. The lowest BCUT2D eigenvalue weighted by Gasteiger charge is -2.68. The fourth-order valence-electron chi connectivity index (χ4n) is 8.22. The topological polar surface area (TPSA) is 130 Å². The summed E-state index contributed by atoms with van der Waals surface area (Å²) >= 11 is 0. The van der Waals surface area contributed by atoms with E-state index in [1.807, 2.05) is 6.92 Å². The van der Waals surface area contributed by atoms with E-state index in [0.717, 1.165) is 5.57 Å². The van der Waals surface area contributed by atoms with E-state index in [1.54, 1.807) is 51.1 Å². The van der Waals surface area contributed by atoms with Crippen LogP contribution in [0.3, 0.4) is 0 Å². The molecule has 1 unspecified atom stereocenters. The van der Waals surface area contributed by atoms with Gasteiger partial charge < -0.3 is 29.6 Å². The fraction of sp³-hybridized carbons (Fsp3) is 0.633. The Kier molecular flexibility index (Phi) is 6.30. The third-order valence-corrected chi connectivity index (χ3v) is 10.3. The van der Waals surface area contributed by atoms with Gasteiger partial charge >= 0.3 is 5.97 Å². The molecule has 4 aliphatic rings. The predicted octanol–water partition coefficient (Wildman–Crippen LogP) is 2.77. The first-order valence-corrected chi connectivity index (χ1v) is 13.4. The van der Waals surface area contributed by atoms with Gasteiger partial charge in [0, 0.05) is 29.6 Å². The van der Waals surface area contributed by atoms with E-state index in [4.69, 9.17) is 9.47 Å². The summed E-state index contributed by atoms with van der Waals surface area (Å²) < 4.78 is 12.1. The lowest BCUT2D eigenvalue weighted by Crippen LogP contribution is -2.78. The summed E-state index contributed by atoms with van der Waals surface area (Å²) in [5.74, 6) is -2.37. The zero-order chi connectivity index (χ0) is 27.8. The van der Waals surface area contributed by atoms with Crippen LogP contribution in [0.2, 0.25) is 0 Å². The number of allylic oxidation sites excluding steroid dienone is 1. The maximum Gasteiger partial charge on any atom is 0.338 e. The third kappa shape index (κ3) is 3.46. The average Bonchev–Trinajstić information content (AvgIpc) is 2.85. The first kappa shape index (κ1) is 27.2. The Morgan fingerprint density at radius 3 is 2.37 bits per heavy atom. The maximum absolute atomic E-state index is 14.3. The summed E-state index contributed by atoms with van der Waals surface area (Å²) in [6.07, 6.45) is -3.90. The van der Waals surface area contributed by atoms with Crippen LogP contribution in [0.25, 0.3) is 0 Å². The summed E-state index contributed by atoms with van der Waals surface area (Å²) in [4.78, 5) is 40.5. The third-order valence-electron chi connectivity index (χ3n) is 10.3. The fourth-order valence-corrected chi connectivity index (χ4v) is 8.22. The number of ether oxygens (including phenoxy) is 2.